The van der Waals surface area contributed by atoms with Crippen LogP contribution in [-0.2, 0) is 4.79 Å². The van der Waals surface area contributed by atoms with E-state index in [4.69, 9.17) is 5.11 Å². The molecule has 116 valence electrons. The molecule has 1 atom stereocenters. The smallest absolute Gasteiger partial charge is 0.304 e. The maximum absolute atomic E-state index is 12.1. The highest BCUT2D eigenvalue weighted by atomic mass is 16.4. The second kappa shape index (κ2) is 8.78. The summed E-state index contributed by atoms with van der Waals surface area (Å²) >= 11 is 0. The highest BCUT2D eigenvalue weighted by Crippen LogP contribution is 2.21. The summed E-state index contributed by atoms with van der Waals surface area (Å²) in [5, 5.41) is 8.72. The van der Waals surface area contributed by atoms with E-state index >= 15 is 0 Å². The van der Waals surface area contributed by atoms with Crippen LogP contribution in [0.1, 0.15) is 37.6 Å². The average molecular weight is 298 g/mol. The van der Waals surface area contributed by atoms with Gasteiger partial charge < -0.3 is 5.11 Å². The molecule has 0 bridgehead atoms. The van der Waals surface area contributed by atoms with Crippen LogP contribution in [0.15, 0.2) is 54.6 Å². The molecule has 0 spiro atoms. The quantitative estimate of drug-likeness (QED) is 0.816. The second-order valence-corrected chi connectivity index (χ2v) is 4.81. The molecule has 0 heterocycles. The molecule has 2 aromatic carbocycles. The number of carboxylic acids is 1. The maximum atomic E-state index is 12.1. The minimum Gasteiger partial charge on any atom is -0.481 e. The molecule has 3 heteroatoms. The first kappa shape index (κ1) is 17.6. The van der Waals surface area contributed by atoms with Crippen LogP contribution in [-0.4, -0.2) is 16.9 Å². The Hall–Kier alpha value is -2.42. The Morgan fingerprint density at radius 2 is 1.41 bits per heavy atom. The lowest BCUT2D eigenvalue weighted by molar-refractivity contribution is -0.137. The zero-order valence-corrected chi connectivity index (χ0v) is 13.2. The Morgan fingerprint density at radius 1 is 0.909 bits per heavy atom. The lowest BCUT2D eigenvalue weighted by Gasteiger charge is -2.08. The number of ketones is 1. The van der Waals surface area contributed by atoms with Gasteiger partial charge in [-0.2, -0.15) is 0 Å². The summed E-state index contributed by atoms with van der Waals surface area (Å²) in [4.78, 5) is 22.7. The van der Waals surface area contributed by atoms with E-state index in [9.17, 15) is 9.59 Å². The molecule has 0 saturated carbocycles. The van der Waals surface area contributed by atoms with Gasteiger partial charge in [0.1, 0.15) is 0 Å². The molecule has 0 radical (unpaired) electrons. The van der Waals surface area contributed by atoms with Gasteiger partial charge in [-0.1, -0.05) is 75.4 Å². The van der Waals surface area contributed by atoms with Crippen LogP contribution in [0.4, 0.5) is 0 Å². The Labute approximate surface area is 131 Å². The maximum Gasteiger partial charge on any atom is 0.304 e. The van der Waals surface area contributed by atoms with Crippen LogP contribution >= 0.6 is 0 Å². The van der Waals surface area contributed by atoms with Gasteiger partial charge in [-0.3, -0.25) is 9.59 Å². The Kier molecular flexibility index (Phi) is 7.03. The van der Waals surface area contributed by atoms with Crippen LogP contribution < -0.4 is 0 Å². The van der Waals surface area contributed by atoms with Crippen molar-refractivity contribution in [1.82, 2.24) is 0 Å². The lowest BCUT2D eigenvalue weighted by atomic mass is 9.95. The third-order valence-electron chi connectivity index (χ3n) is 3.20. The number of hydrogen-bond donors (Lipinski definition) is 1. The molecular weight excluding hydrogens is 276 g/mol. The number of rotatable bonds is 5. The molecule has 0 aliphatic heterocycles. The minimum atomic E-state index is -0.952. The molecule has 0 aliphatic rings. The number of carbonyl (C=O) groups is 2. The highest BCUT2D eigenvalue weighted by Gasteiger charge is 2.18. The normalized spacial score (nSPS) is 11.0. The fourth-order valence-corrected chi connectivity index (χ4v) is 2.10. The second-order valence-electron chi connectivity index (χ2n) is 4.81. The first-order valence-corrected chi connectivity index (χ1v) is 7.49. The van der Waals surface area contributed by atoms with Crippen LogP contribution in [0.5, 0.6) is 0 Å². The zero-order valence-electron chi connectivity index (χ0n) is 13.2. The molecule has 0 saturated heterocycles. The number of carbonyl (C=O) groups excluding carboxylic acids is 1. The van der Waals surface area contributed by atoms with Crippen molar-refractivity contribution in [3.05, 3.63) is 60.2 Å². The minimum absolute atomic E-state index is 0.132. The van der Waals surface area contributed by atoms with E-state index in [2.05, 4.69) is 0 Å². The third kappa shape index (κ3) is 4.85. The first-order chi connectivity index (χ1) is 10.6. The van der Waals surface area contributed by atoms with Crippen molar-refractivity contribution in [1.29, 1.82) is 0 Å². The van der Waals surface area contributed by atoms with Crippen molar-refractivity contribution in [3.8, 4) is 11.1 Å². The van der Waals surface area contributed by atoms with E-state index in [1.54, 1.807) is 19.1 Å². The zero-order chi connectivity index (χ0) is 16.5. The molecular formula is C19H22O3. The molecule has 0 amide bonds. The Balaban J connectivity index is 0.00000116. The molecule has 0 fully saturated rings. The fraction of sp³-hybridized carbons (Fsp3) is 0.263. The largest absolute Gasteiger partial charge is 0.481 e. The fourth-order valence-electron chi connectivity index (χ4n) is 2.10. The van der Waals surface area contributed by atoms with Gasteiger partial charge in [0.15, 0.2) is 5.78 Å². The molecule has 2 rings (SSSR count). The summed E-state index contributed by atoms with van der Waals surface area (Å²) < 4.78 is 0. The van der Waals surface area contributed by atoms with Crippen molar-refractivity contribution >= 4 is 11.8 Å². The predicted octanol–water partition coefficient (Wildman–Crippen LogP) is 4.67. The summed E-state index contributed by atoms with van der Waals surface area (Å²) in [7, 11) is 0. The van der Waals surface area contributed by atoms with Crippen molar-refractivity contribution < 1.29 is 14.7 Å². The number of hydrogen-bond acceptors (Lipinski definition) is 2. The van der Waals surface area contributed by atoms with Gasteiger partial charge in [0.25, 0.3) is 0 Å². The first-order valence-electron chi connectivity index (χ1n) is 7.49. The molecule has 0 aromatic heterocycles. The molecule has 22 heavy (non-hydrogen) atoms. The van der Waals surface area contributed by atoms with Gasteiger partial charge in [0.05, 0.1) is 6.42 Å². The molecule has 3 nitrogen and oxygen atoms in total. The van der Waals surface area contributed by atoms with Crippen LogP contribution in [0.25, 0.3) is 11.1 Å². The molecule has 2 aromatic rings. The predicted molar refractivity (Wildman–Crippen MR) is 89.0 cm³/mol. The van der Waals surface area contributed by atoms with Gasteiger partial charge >= 0.3 is 5.97 Å². The summed E-state index contributed by atoms with van der Waals surface area (Å²) in [6, 6.07) is 17.2. The molecule has 1 unspecified atom stereocenters. The van der Waals surface area contributed by atoms with E-state index in [0.717, 1.165) is 11.1 Å². The van der Waals surface area contributed by atoms with E-state index in [-0.39, 0.29) is 12.2 Å². The van der Waals surface area contributed by atoms with Crippen molar-refractivity contribution in [2.45, 2.75) is 27.2 Å². The van der Waals surface area contributed by atoms with Gasteiger partial charge in [-0.05, 0) is 11.1 Å². The number of Topliss-reactive ketones (excluding diaryl/α,β-unsaturated/α-hetero) is 1. The summed E-state index contributed by atoms with van der Waals surface area (Å²) in [5.41, 5.74) is 2.68. The van der Waals surface area contributed by atoms with E-state index < -0.39 is 11.9 Å². The van der Waals surface area contributed by atoms with Gasteiger partial charge in [0.2, 0.25) is 0 Å². The number of benzene rings is 2. The van der Waals surface area contributed by atoms with Crippen molar-refractivity contribution in [3.63, 3.8) is 0 Å². The number of carboxylic acid groups (broad SMARTS) is 1. The SMILES string of the molecule is CC.CC(CC(=O)O)C(=O)c1ccc(-c2ccccc2)cc1. The van der Waals surface area contributed by atoms with Crippen LogP contribution in [0, 0.1) is 5.92 Å². The lowest BCUT2D eigenvalue weighted by Crippen LogP contribution is -2.15. The van der Waals surface area contributed by atoms with Crippen molar-refractivity contribution in [2.75, 3.05) is 0 Å². The number of aliphatic carboxylic acids is 1. The van der Waals surface area contributed by atoms with Gasteiger partial charge in [-0.25, -0.2) is 0 Å². The van der Waals surface area contributed by atoms with E-state index in [1.807, 2.05) is 56.3 Å². The summed E-state index contributed by atoms with van der Waals surface area (Å²) in [6.45, 7) is 5.64. The van der Waals surface area contributed by atoms with E-state index in [1.165, 1.54) is 0 Å². The average Bonchev–Trinajstić information content (AvgIpc) is 2.56. The van der Waals surface area contributed by atoms with Gasteiger partial charge in [0, 0.05) is 11.5 Å². The van der Waals surface area contributed by atoms with Gasteiger partial charge in [-0.15, -0.1) is 0 Å². The Morgan fingerprint density at radius 3 is 1.91 bits per heavy atom. The highest BCUT2D eigenvalue weighted by molar-refractivity contribution is 5.99. The van der Waals surface area contributed by atoms with E-state index in [0.29, 0.717) is 5.56 Å². The molecule has 0 aliphatic carbocycles. The standard InChI is InChI=1S/C17H16O3.C2H6/c1-12(11-16(18)19)17(20)15-9-7-14(8-10-15)13-5-3-2-4-6-13;1-2/h2-10,12H,11H2,1H3,(H,18,19);1-2H3. The van der Waals surface area contributed by atoms with Crippen molar-refractivity contribution in [2.24, 2.45) is 5.92 Å². The topological polar surface area (TPSA) is 54.4 Å². The molecule has 1 N–H and O–H groups in total. The summed E-state index contributed by atoms with van der Waals surface area (Å²) in [6.07, 6.45) is -0.140. The van der Waals surface area contributed by atoms with Crippen LogP contribution in [0.2, 0.25) is 0 Å². The Bertz CT molecular complexity index is 600. The monoisotopic (exact) mass is 298 g/mol. The third-order valence-corrected chi connectivity index (χ3v) is 3.20. The van der Waals surface area contributed by atoms with Crippen LogP contribution in [0.3, 0.4) is 0 Å². The summed E-state index contributed by atoms with van der Waals surface area (Å²) in [5.74, 6) is -1.59.